The molecule has 2 atom stereocenters. The molecule has 1 saturated heterocycles. The van der Waals surface area contributed by atoms with Crippen LogP contribution in [0.2, 0.25) is 0 Å². The lowest BCUT2D eigenvalue weighted by atomic mass is 10.2. The van der Waals surface area contributed by atoms with Crippen molar-refractivity contribution in [3.8, 4) is 0 Å². The molecule has 1 aromatic heterocycles. The number of rotatable bonds is 5. The fourth-order valence-electron chi connectivity index (χ4n) is 3.04. The fraction of sp³-hybridized carbons (Fsp3) is 0.529. The Bertz CT molecular complexity index is 634. The van der Waals surface area contributed by atoms with Gasteiger partial charge in [0.15, 0.2) is 0 Å². The third-order valence-electron chi connectivity index (χ3n) is 4.17. The second-order valence-corrected chi connectivity index (χ2v) is 7.43. The van der Waals surface area contributed by atoms with E-state index in [4.69, 9.17) is 0 Å². The van der Waals surface area contributed by atoms with Gasteiger partial charge in [0.25, 0.3) is 0 Å². The first-order valence-corrected chi connectivity index (χ1v) is 8.77. The summed E-state index contributed by atoms with van der Waals surface area (Å²) in [7, 11) is 0. The molecule has 0 unspecified atom stereocenters. The van der Waals surface area contributed by atoms with E-state index in [1.165, 1.54) is 4.70 Å². The summed E-state index contributed by atoms with van der Waals surface area (Å²) >= 11 is 1.74. The van der Waals surface area contributed by atoms with Crippen molar-refractivity contribution in [1.82, 2.24) is 15.2 Å². The van der Waals surface area contributed by atoms with Gasteiger partial charge in [0.2, 0.25) is 5.91 Å². The second kappa shape index (κ2) is 6.34. The highest BCUT2D eigenvalue weighted by atomic mass is 32.1. The Labute approximate surface area is 135 Å². The van der Waals surface area contributed by atoms with Crippen molar-refractivity contribution < 1.29 is 4.79 Å². The Kier molecular flexibility index (Phi) is 4.45. The molecule has 5 heteroatoms. The lowest BCUT2D eigenvalue weighted by Crippen LogP contribution is -2.44. The van der Waals surface area contributed by atoms with E-state index in [-0.39, 0.29) is 18.0 Å². The molecule has 0 spiro atoms. The van der Waals surface area contributed by atoms with Crippen LogP contribution < -0.4 is 5.32 Å². The molecule has 22 heavy (non-hydrogen) atoms. The number of amides is 1. The van der Waals surface area contributed by atoms with Gasteiger partial charge >= 0.3 is 0 Å². The SMILES string of the molecule is CC(C)N1CC[C@@H](N[C@@H](C)Cc2nc3ccccc3s2)C1=O. The zero-order chi connectivity index (χ0) is 15.7. The normalized spacial score (nSPS) is 20.3. The van der Waals surface area contributed by atoms with Crippen molar-refractivity contribution in [1.29, 1.82) is 0 Å². The van der Waals surface area contributed by atoms with Crippen LogP contribution in [0.25, 0.3) is 10.2 Å². The molecule has 1 N–H and O–H groups in total. The summed E-state index contributed by atoms with van der Waals surface area (Å²) in [6.45, 7) is 7.15. The lowest BCUT2D eigenvalue weighted by Gasteiger charge is -2.22. The third-order valence-corrected chi connectivity index (χ3v) is 5.23. The number of fused-ring (bicyclic) bond motifs is 1. The van der Waals surface area contributed by atoms with E-state index in [2.05, 4.69) is 43.2 Å². The van der Waals surface area contributed by atoms with Crippen molar-refractivity contribution >= 4 is 27.5 Å². The number of aromatic nitrogens is 1. The molecule has 1 fully saturated rings. The molecule has 1 aromatic carbocycles. The summed E-state index contributed by atoms with van der Waals surface area (Å²) in [6.07, 6.45) is 1.77. The smallest absolute Gasteiger partial charge is 0.240 e. The van der Waals surface area contributed by atoms with Gasteiger partial charge < -0.3 is 10.2 Å². The minimum Gasteiger partial charge on any atom is -0.339 e. The van der Waals surface area contributed by atoms with Gasteiger partial charge in [-0.1, -0.05) is 12.1 Å². The number of carbonyl (C=O) groups is 1. The standard InChI is InChI=1S/C17H23N3OS/c1-11(2)20-9-8-14(17(20)21)18-12(3)10-16-19-13-6-4-5-7-15(13)22-16/h4-7,11-12,14,18H,8-10H2,1-3H3/t12-,14+/m0/s1. The van der Waals surface area contributed by atoms with Gasteiger partial charge in [-0.25, -0.2) is 4.98 Å². The number of nitrogens with one attached hydrogen (secondary N) is 1. The number of para-hydroxylation sites is 1. The highest BCUT2D eigenvalue weighted by Gasteiger charge is 2.33. The molecular weight excluding hydrogens is 294 g/mol. The van der Waals surface area contributed by atoms with E-state index in [0.717, 1.165) is 29.9 Å². The van der Waals surface area contributed by atoms with E-state index in [0.29, 0.717) is 6.04 Å². The molecule has 2 aromatic rings. The van der Waals surface area contributed by atoms with Crippen LogP contribution in [-0.2, 0) is 11.2 Å². The zero-order valence-corrected chi connectivity index (χ0v) is 14.2. The van der Waals surface area contributed by atoms with Crippen LogP contribution in [0.15, 0.2) is 24.3 Å². The molecule has 1 aliphatic rings. The largest absolute Gasteiger partial charge is 0.339 e. The van der Waals surface area contributed by atoms with Crippen molar-refractivity contribution in [3.63, 3.8) is 0 Å². The summed E-state index contributed by atoms with van der Waals surface area (Å²) in [6, 6.07) is 8.73. The van der Waals surface area contributed by atoms with Crippen LogP contribution in [0.5, 0.6) is 0 Å². The molecule has 0 radical (unpaired) electrons. The molecular formula is C17H23N3OS. The molecule has 118 valence electrons. The number of benzene rings is 1. The molecule has 1 aliphatic heterocycles. The highest BCUT2D eigenvalue weighted by Crippen LogP contribution is 2.23. The Morgan fingerprint density at radius 3 is 2.82 bits per heavy atom. The van der Waals surface area contributed by atoms with Crippen molar-refractivity contribution in [2.75, 3.05) is 6.54 Å². The minimum absolute atomic E-state index is 0.0354. The number of hydrogen-bond acceptors (Lipinski definition) is 4. The van der Waals surface area contributed by atoms with Crippen molar-refractivity contribution in [2.24, 2.45) is 0 Å². The Morgan fingerprint density at radius 1 is 1.36 bits per heavy atom. The Morgan fingerprint density at radius 2 is 2.14 bits per heavy atom. The van der Waals surface area contributed by atoms with Gasteiger partial charge in [-0.05, 0) is 39.3 Å². The third kappa shape index (κ3) is 3.15. The van der Waals surface area contributed by atoms with Crippen molar-refractivity contribution in [3.05, 3.63) is 29.3 Å². The average molecular weight is 317 g/mol. The summed E-state index contributed by atoms with van der Waals surface area (Å²) in [4.78, 5) is 19.0. The van der Waals surface area contributed by atoms with Gasteiger partial charge in [0.05, 0.1) is 21.3 Å². The maximum absolute atomic E-state index is 12.3. The molecule has 1 amide bonds. The average Bonchev–Trinajstić information content (AvgIpc) is 3.02. The van der Waals surface area contributed by atoms with E-state index >= 15 is 0 Å². The van der Waals surface area contributed by atoms with E-state index in [1.807, 2.05) is 17.0 Å². The van der Waals surface area contributed by atoms with Gasteiger partial charge in [0, 0.05) is 25.0 Å². The molecule has 0 aliphatic carbocycles. The molecule has 3 rings (SSSR count). The molecule has 0 saturated carbocycles. The first-order chi connectivity index (χ1) is 10.5. The number of carbonyl (C=O) groups excluding carboxylic acids is 1. The quantitative estimate of drug-likeness (QED) is 0.922. The number of hydrogen-bond donors (Lipinski definition) is 1. The fourth-order valence-corrected chi connectivity index (χ4v) is 4.14. The van der Waals surface area contributed by atoms with Crippen LogP contribution in [0.3, 0.4) is 0 Å². The van der Waals surface area contributed by atoms with E-state index in [1.54, 1.807) is 11.3 Å². The summed E-state index contributed by atoms with van der Waals surface area (Å²) in [5.74, 6) is 0.242. The van der Waals surface area contributed by atoms with Gasteiger partial charge in [-0.3, -0.25) is 4.79 Å². The van der Waals surface area contributed by atoms with Crippen LogP contribution in [0.4, 0.5) is 0 Å². The molecule has 0 bridgehead atoms. The summed E-state index contributed by atoms with van der Waals surface area (Å²) in [5, 5.41) is 4.61. The Hall–Kier alpha value is -1.46. The monoisotopic (exact) mass is 317 g/mol. The maximum atomic E-state index is 12.3. The number of thiazole rings is 1. The van der Waals surface area contributed by atoms with Crippen LogP contribution in [-0.4, -0.2) is 40.5 Å². The zero-order valence-electron chi connectivity index (χ0n) is 13.4. The molecule has 2 heterocycles. The molecule has 4 nitrogen and oxygen atoms in total. The van der Waals surface area contributed by atoms with Crippen LogP contribution in [0, 0.1) is 0 Å². The van der Waals surface area contributed by atoms with E-state index < -0.39 is 0 Å². The van der Waals surface area contributed by atoms with Crippen molar-refractivity contribution in [2.45, 2.75) is 51.7 Å². The van der Waals surface area contributed by atoms with E-state index in [9.17, 15) is 4.79 Å². The number of likely N-dealkylation sites (tertiary alicyclic amines) is 1. The summed E-state index contributed by atoms with van der Waals surface area (Å²) in [5.41, 5.74) is 1.07. The minimum atomic E-state index is -0.0354. The highest BCUT2D eigenvalue weighted by molar-refractivity contribution is 7.18. The van der Waals surface area contributed by atoms with Crippen LogP contribution >= 0.6 is 11.3 Å². The first-order valence-electron chi connectivity index (χ1n) is 7.95. The Balaban J connectivity index is 1.61. The lowest BCUT2D eigenvalue weighted by molar-refractivity contribution is -0.130. The van der Waals surface area contributed by atoms with Crippen LogP contribution in [0.1, 0.15) is 32.2 Å². The predicted molar refractivity (Wildman–Crippen MR) is 91.2 cm³/mol. The van der Waals surface area contributed by atoms with Gasteiger partial charge in [-0.15, -0.1) is 11.3 Å². The first kappa shape index (κ1) is 15.4. The number of nitrogens with zero attached hydrogens (tertiary/aromatic N) is 2. The maximum Gasteiger partial charge on any atom is 0.240 e. The van der Waals surface area contributed by atoms with Gasteiger partial charge in [0.1, 0.15) is 0 Å². The van der Waals surface area contributed by atoms with Gasteiger partial charge in [-0.2, -0.15) is 0 Å². The summed E-state index contributed by atoms with van der Waals surface area (Å²) < 4.78 is 1.23. The second-order valence-electron chi connectivity index (χ2n) is 6.31. The topological polar surface area (TPSA) is 45.2 Å². The predicted octanol–water partition coefficient (Wildman–Crippen LogP) is 2.83.